The van der Waals surface area contributed by atoms with Gasteiger partial charge in [-0.3, -0.25) is 0 Å². The van der Waals surface area contributed by atoms with Crippen molar-refractivity contribution < 1.29 is 0 Å². The zero-order valence-corrected chi connectivity index (χ0v) is 15.6. The fraction of sp³-hybridized carbons (Fsp3) is 0.0400. The Morgan fingerprint density at radius 3 is 2.31 bits per heavy atom. The van der Waals surface area contributed by atoms with Gasteiger partial charge in [0.05, 0.1) is 0 Å². The molecule has 0 spiro atoms. The van der Waals surface area contributed by atoms with E-state index in [4.69, 9.17) is 0 Å². The molecule has 0 aliphatic rings. The van der Waals surface area contributed by atoms with Gasteiger partial charge in [-0.05, 0) is 29.2 Å². The van der Waals surface area contributed by atoms with E-state index in [9.17, 15) is 0 Å². The predicted octanol–water partition coefficient (Wildman–Crippen LogP) is 7.87. The monoisotopic (exact) mass is 352 g/mol. The number of benzene rings is 3. The summed E-state index contributed by atoms with van der Waals surface area (Å²) in [7, 11) is 0. The Hall–Kier alpha value is -2.90. The second-order valence-electron chi connectivity index (χ2n) is 6.18. The van der Waals surface area contributed by atoms with Gasteiger partial charge in [-0.1, -0.05) is 97.6 Å². The van der Waals surface area contributed by atoms with Crippen LogP contribution in [0.5, 0.6) is 0 Å². The SMILES string of the molecule is C=CC(=CC=CC)c1cccc2c1sc1c(-c3ccccc3)cccc12. The summed E-state index contributed by atoms with van der Waals surface area (Å²) >= 11 is 1.87. The summed E-state index contributed by atoms with van der Waals surface area (Å²) in [6.07, 6.45) is 8.18. The van der Waals surface area contributed by atoms with Gasteiger partial charge in [0.2, 0.25) is 0 Å². The molecule has 4 rings (SSSR count). The summed E-state index contributed by atoms with van der Waals surface area (Å²) < 4.78 is 2.66. The molecule has 0 radical (unpaired) electrons. The normalized spacial score (nSPS) is 12.3. The van der Waals surface area contributed by atoms with E-state index in [2.05, 4.69) is 85.5 Å². The highest BCUT2D eigenvalue weighted by Crippen LogP contribution is 2.42. The topological polar surface area (TPSA) is 0 Å². The highest BCUT2D eigenvalue weighted by molar-refractivity contribution is 7.26. The molecule has 0 aliphatic carbocycles. The summed E-state index contributed by atoms with van der Waals surface area (Å²) in [6, 6.07) is 23.8. The third kappa shape index (κ3) is 2.81. The van der Waals surface area contributed by atoms with Crippen molar-refractivity contribution in [3.05, 3.63) is 103 Å². The number of hydrogen-bond donors (Lipinski definition) is 0. The maximum Gasteiger partial charge on any atom is 0.0434 e. The van der Waals surface area contributed by atoms with Gasteiger partial charge < -0.3 is 0 Å². The van der Waals surface area contributed by atoms with Gasteiger partial charge in [-0.2, -0.15) is 0 Å². The molecule has 0 aliphatic heterocycles. The lowest BCUT2D eigenvalue weighted by atomic mass is 10.00. The van der Waals surface area contributed by atoms with E-state index < -0.39 is 0 Å². The average Bonchev–Trinajstić information content (AvgIpc) is 3.09. The zero-order chi connectivity index (χ0) is 17.9. The van der Waals surface area contributed by atoms with Gasteiger partial charge >= 0.3 is 0 Å². The molecule has 0 fully saturated rings. The molecule has 3 aromatic carbocycles. The predicted molar refractivity (Wildman–Crippen MR) is 118 cm³/mol. The molecule has 0 bridgehead atoms. The number of allylic oxidation sites excluding steroid dienone is 5. The first kappa shape index (κ1) is 16.6. The molecule has 0 atom stereocenters. The van der Waals surface area contributed by atoms with Crippen LogP contribution < -0.4 is 0 Å². The first-order valence-corrected chi connectivity index (χ1v) is 9.60. The molecule has 0 nitrogen and oxygen atoms in total. The van der Waals surface area contributed by atoms with E-state index in [1.54, 1.807) is 0 Å². The molecule has 0 unspecified atom stereocenters. The van der Waals surface area contributed by atoms with Crippen LogP contribution in [0.15, 0.2) is 97.6 Å². The Balaban J connectivity index is 2.03. The Bertz CT molecular complexity index is 1140. The van der Waals surface area contributed by atoms with Gasteiger partial charge in [0.25, 0.3) is 0 Å². The van der Waals surface area contributed by atoms with Crippen molar-refractivity contribution >= 4 is 37.1 Å². The lowest BCUT2D eigenvalue weighted by Gasteiger charge is -2.03. The second-order valence-corrected chi connectivity index (χ2v) is 7.21. The Morgan fingerprint density at radius 1 is 0.846 bits per heavy atom. The van der Waals surface area contributed by atoms with Crippen molar-refractivity contribution in [3.8, 4) is 11.1 Å². The second kappa shape index (κ2) is 7.15. The van der Waals surface area contributed by atoms with Crippen LogP contribution in [0.1, 0.15) is 12.5 Å². The molecule has 0 saturated carbocycles. The highest BCUT2D eigenvalue weighted by Gasteiger charge is 2.13. The molecular formula is C25H20S. The van der Waals surface area contributed by atoms with Crippen LogP contribution in [0.25, 0.3) is 36.9 Å². The number of thiophene rings is 1. The Kier molecular flexibility index (Phi) is 4.55. The van der Waals surface area contributed by atoms with Crippen LogP contribution >= 0.6 is 11.3 Å². The fourth-order valence-electron chi connectivity index (χ4n) is 3.36. The molecular weight excluding hydrogens is 332 g/mol. The largest absolute Gasteiger partial charge is 0.134 e. The van der Waals surface area contributed by atoms with E-state index >= 15 is 0 Å². The van der Waals surface area contributed by atoms with E-state index in [1.165, 1.54) is 36.9 Å². The van der Waals surface area contributed by atoms with Gasteiger partial charge in [0.15, 0.2) is 0 Å². The molecule has 0 N–H and O–H groups in total. The summed E-state index contributed by atoms with van der Waals surface area (Å²) in [6.45, 7) is 6.05. The molecule has 0 amide bonds. The minimum Gasteiger partial charge on any atom is -0.134 e. The lowest BCUT2D eigenvalue weighted by Crippen LogP contribution is -1.80. The first-order valence-electron chi connectivity index (χ1n) is 8.79. The minimum absolute atomic E-state index is 1.15. The maximum absolute atomic E-state index is 4.02. The standard InChI is InChI=1S/C25H20S/c1-3-5-11-18(4-2)20-14-9-16-22-23-17-10-15-21(25(23)26-24(20)22)19-12-7-6-8-13-19/h3-17H,2H2,1H3. The maximum atomic E-state index is 4.02. The van der Waals surface area contributed by atoms with Crippen LogP contribution in [-0.4, -0.2) is 0 Å². The van der Waals surface area contributed by atoms with Crippen LogP contribution in [0.2, 0.25) is 0 Å². The van der Waals surface area contributed by atoms with Crippen molar-refractivity contribution in [2.24, 2.45) is 0 Å². The van der Waals surface area contributed by atoms with Gasteiger partial charge in [0.1, 0.15) is 0 Å². The van der Waals surface area contributed by atoms with Gasteiger partial charge in [-0.15, -0.1) is 11.3 Å². The average molecular weight is 353 g/mol. The van der Waals surface area contributed by atoms with Crippen molar-refractivity contribution in [1.29, 1.82) is 0 Å². The van der Waals surface area contributed by atoms with E-state index in [1.807, 2.05) is 30.4 Å². The minimum atomic E-state index is 1.15. The van der Waals surface area contributed by atoms with Crippen LogP contribution in [-0.2, 0) is 0 Å². The highest BCUT2D eigenvalue weighted by atomic mass is 32.1. The van der Waals surface area contributed by atoms with Crippen LogP contribution in [0, 0.1) is 0 Å². The van der Waals surface area contributed by atoms with Crippen molar-refractivity contribution in [3.63, 3.8) is 0 Å². The lowest BCUT2D eigenvalue weighted by molar-refractivity contribution is 1.67. The molecule has 1 heteroatoms. The fourth-order valence-corrected chi connectivity index (χ4v) is 4.73. The summed E-state index contributed by atoms with van der Waals surface area (Å²) in [4.78, 5) is 0. The summed E-state index contributed by atoms with van der Waals surface area (Å²) in [5.41, 5.74) is 4.96. The van der Waals surface area contributed by atoms with Crippen molar-refractivity contribution in [2.75, 3.05) is 0 Å². The Morgan fingerprint density at radius 2 is 1.58 bits per heavy atom. The molecule has 126 valence electrons. The third-order valence-corrected chi connectivity index (χ3v) is 5.90. The number of fused-ring (bicyclic) bond motifs is 3. The van der Waals surface area contributed by atoms with Crippen LogP contribution in [0.3, 0.4) is 0 Å². The van der Waals surface area contributed by atoms with Crippen LogP contribution in [0.4, 0.5) is 0 Å². The summed E-state index contributed by atoms with van der Waals surface area (Å²) in [5.74, 6) is 0. The first-order chi connectivity index (χ1) is 12.8. The zero-order valence-electron chi connectivity index (χ0n) is 14.8. The molecule has 1 aromatic heterocycles. The summed E-state index contributed by atoms with van der Waals surface area (Å²) in [5, 5.41) is 2.64. The van der Waals surface area contributed by atoms with E-state index in [0.29, 0.717) is 0 Å². The van der Waals surface area contributed by atoms with E-state index in [-0.39, 0.29) is 0 Å². The van der Waals surface area contributed by atoms with Crippen molar-refractivity contribution in [2.45, 2.75) is 6.92 Å². The Labute approximate surface area is 158 Å². The third-order valence-electron chi connectivity index (χ3n) is 4.61. The molecule has 1 heterocycles. The van der Waals surface area contributed by atoms with Gasteiger partial charge in [0, 0.05) is 20.2 Å². The quantitative estimate of drug-likeness (QED) is 0.328. The number of rotatable bonds is 4. The van der Waals surface area contributed by atoms with E-state index in [0.717, 1.165) is 5.57 Å². The molecule has 0 saturated heterocycles. The number of hydrogen-bond acceptors (Lipinski definition) is 1. The smallest absolute Gasteiger partial charge is 0.0434 e. The van der Waals surface area contributed by atoms with Crippen molar-refractivity contribution in [1.82, 2.24) is 0 Å². The van der Waals surface area contributed by atoms with Gasteiger partial charge in [-0.25, -0.2) is 0 Å². The molecule has 26 heavy (non-hydrogen) atoms. The molecule has 4 aromatic rings.